The van der Waals surface area contributed by atoms with Crippen molar-refractivity contribution in [1.82, 2.24) is 0 Å². The lowest BCUT2D eigenvalue weighted by atomic mass is 10.0. The van der Waals surface area contributed by atoms with E-state index >= 15 is 0 Å². The molecular formula is C23H35NO4S. The van der Waals surface area contributed by atoms with Gasteiger partial charge in [0.1, 0.15) is 6.04 Å². The summed E-state index contributed by atoms with van der Waals surface area (Å²) in [5.74, 6) is -0.760. The lowest BCUT2D eigenvalue weighted by Gasteiger charge is -2.31. The summed E-state index contributed by atoms with van der Waals surface area (Å²) in [6.45, 7) is 11.6. The van der Waals surface area contributed by atoms with Gasteiger partial charge in [-0.1, -0.05) is 50.6 Å². The Hall–Kier alpha value is -1.82. The lowest BCUT2D eigenvalue weighted by molar-refractivity contribution is -0.142. The molecule has 5 nitrogen and oxygen atoms in total. The number of esters is 1. The quantitative estimate of drug-likeness (QED) is 0.498. The van der Waals surface area contributed by atoms with Crippen LogP contribution in [-0.2, 0) is 19.1 Å². The van der Waals surface area contributed by atoms with Crippen LogP contribution in [0.2, 0.25) is 0 Å². The maximum atomic E-state index is 13.2. The number of carbonyl (C=O) groups is 3. The van der Waals surface area contributed by atoms with Crippen LogP contribution in [0.25, 0.3) is 0 Å². The Morgan fingerprint density at radius 3 is 2.28 bits per heavy atom. The summed E-state index contributed by atoms with van der Waals surface area (Å²) < 4.78 is 4.89. The van der Waals surface area contributed by atoms with Gasteiger partial charge in [0.05, 0.1) is 18.6 Å². The van der Waals surface area contributed by atoms with Crippen molar-refractivity contribution in [1.29, 1.82) is 0 Å². The Kier molecular flexibility index (Phi) is 10.4. The van der Waals surface area contributed by atoms with E-state index < -0.39 is 12.0 Å². The molecule has 6 heteroatoms. The van der Waals surface area contributed by atoms with Gasteiger partial charge in [-0.2, -0.15) is 0 Å². The van der Waals surface area contributed by atoms with Gasteiger partial charge < -0.3 is 4.74 Å². The van der Waals surface area contributed by atoms with Gasteiger partial charge in [0.2, 0.25) is 5.91 Å². The zero-order chi connectivity index (χ0) is 22.1. The average molecular weight is 422 g/mol. The molecule has 0 spiro atoms. The van der Waals surface area contributed by atoms with Crippen molar-refractivity contribution in [2.24, 2.45) is 5.92 Å². The Bertz CT molecular complexity index is 732. The van der Waals surface area contributed by atoms with Gasteiger partial charge in [-0.05, 0) is 57.2 Å². The van der Waals surface area contributed by atoms with E-state index in [2.05, 4.69) is 6.92 Å². The van der Waals surface area contributed by atoms with Crippen LogP contribution in [0.4, 0.5) is 5.69 Å². The third-order valence-corrected chi connectivity index (χ3v) is 6.42. The first-order valence-electron chi connectivity index (χ1n) is 10.3. The number of methoxy groups -OCH3 is 1. The van der Waals surface area contributed by atoms with Crippen molar-refractivity contribution in [3.05, 3.63) is 28.8 Å². The molecule has 1 aromatic carbocycles. The van der Waals surface area contributed by atoms with E-state index in [0.717, 1.165) is 59.8 Å². The number of carbonyl (C=O) groups excluding carboxylic acids is 3. The zero-order valence-corrected chi connectivity index (χ0v) is 19.6. The first-order valence-corrected chi connectivity index (χ1v) is 11.3. The molecule has 0 aromatic heterocycles. The zero-order valence-electron chi connectivity index (χ0n) is 18.8. The second-order valence-corrected chi connectivity index (χ2v) is 8.47. The minimum atomic E-state index is -0.774. The Morgan fingerprint density at radius 2 is 1.72 bits per heavy atom. The summed E-state index contributed by atoms with van der Waals surface area (Å²) in [5, 5.41) is 0.0534. The molecule has 0 aliphatic heterocycles. The minimum Gasteiger partial charge on any atom is -0.467 e. The smallest absolute Gasteiger partial charge is 0.328 e. The van der Waals surface area contributed by atoms with E-state index in [1.165, 1.54) is 12.0 Å². The number of unbranched alkanes of at least 4 members (excludes halogenated alkanes) is 1. The van der Waals surface area contributed by atoms with Crippen LogP contribution in [-0.4, -0.2) is 35.9 Å². The second kappa shape index (κ2) is 12.0. The van der Waals surface area contributed by atoms with E-state index in [1.807, 2.05) is 39.8 Å². The summed E-state index contributed by atoms with van der Waals surface area (Å²) in [5.41, 5.74) is 3.61. The molecule has 162 valence electrons. The highest BCUT2D eigenvalue weighted by Crippen LogP contribution is 2.30. The van der Waals surface area contributed by atoms with Crippen LogP contribution in [0.5, 0.6) is 0 Å². The molecule has 0 fully saturated rings. The number of thioether (sulfide) groups is 1. The van der Waals surface area contributed by atoms with Gasteiger partial charge >= 0.3 is 5.97 Å². The molecule has 0 heterocycles. The van der Waals surface area contributed by atoms with E-state index in [9.17, 15) is 14.4 Å². The molecule has 0 bridgehead atoms. The highest BCUT2D eigenvalue weighted by molar-refractivity contribution is 8.14. The number of hydrogen-bond acceptors (Lipinski definition) is 5. The van der Waals surface area contributed by atoms with Gasteiger partial charge in [0.25, 0.3) is 0 Å². The summed E-state index contributed by atoms with van der Waals surface area (Å²) in [4.78, 5) is 39.5. The monoisotopic (exact) mass is 421 g/mol. The fraction of sp³-hybridized carbons (Fsp3) is 0.609. The van der Waals surface area contributed by atoms with E-state index in [-0.39, 0.29) is 22.7 Å². The fourth-order valence-electron chi connectivity index (χ4n) is 3.38. The van der Waals surface area contributed by atoms with Crippen LogP contribution in [0, 0.1) is 26.7 Å². The van der Waals surface area contributed by atoms with Crippen molar-refractivity contribution >= 4 is 34.4 Å². The molecule has 2 unspecified atom stereocenters. The Morgan fingerprint density at radius 1 is 1.10 bits per heavy atom. The summed E-state index contributed by atoms with van der Waals surface area (Å²) in [7, 11) is 1.31. The van der Waals surface area contributed by atoms with Gasteiger partial charge in [0.15, 0.2) is 5.12 Å². The van der Waals surface area contributed by atoms with Gasteiger partial charge in [-0.15, -0.1) is 0 Å². The van der Waals surface area contributed by atoms with E-state index in [1.54, 1.807) is 6.92 Å². The van der Waals surface area contributed by atoms with Gasteiger partial charge in [-0.25, -0.2) is 4.79 Å². The number of aryl methyl sites for hydroxylation is 2. The Labute approximate surface area is 179 Å². The molecule has 0 N–H and O–H groups in total. The molecule has 29 heavy (non-hydrogen) atoms. The van der Waals surface area contributed by atoms with Crippen LogP contribution >= 0.6 is 11.8 Å². The van der Waals surface area contributed by atoms with Gasteiger partial charge in [-0.3, -0.25) is 14.5 Å². The van der Waals surface area contributed by atoms with Crippen molar-refractivity contribution in [3.63, 3.8) is 0 Å². The molecule has 0 aliphatic rings. The topological polar surface area (TPSA) is 63.7 Å². The fourth-order valence-corrected chi connectivity index (χ4v) is 4.30. The number of benzene rings is 1. The third kappa shape index (κ3) is 6.59. The lowest BCUT2D eigenvalue weighted by Crippen LogP contribution is -2.46. The van der Waals surface area contributed by atoms with Gasteiger partial charge in [0, 0.05) is 5.92 Å². The van der Waals surface area contributed by atoms with Crippen LogP contribution in [0.1, 0.15) is 63.1 Å². The summed E-state index contributed by atoms with van der Waals surface area (Å²) in [6, 6.07) is 3.17. The standard InChI is InChI=1S/C23H35NO4S/c1-8-10-11-19(9-2)23(27)29-14-20(25)24(18(6)22(26)28-7)21-16(4)13-12-15(3)17(21)5/h12-13,18-19H,8-11,14H2,1-7H3. The first kappa shape index (κ1) is 25.2. The molecule has 0 saturated heterocycles. The van der Waals surface area contributed by atoms with Crippen LogP contribution in [0.15, 0.2) is 12.1 Å². The highest BCUT2D eigenvalue weighted by Gasteiger charge is 2.31. The number of ether oxygens (including phenoxy) is 1. The third-order valence-electron chi connectivity index (χ3n) is 5.41. The molecule has 1 amide bonds. The van der Waals surface area contributed by atoms with Crippen molar-refractivity contribution in [2.45, 2.75) is 73.3 Å². The number of amides is 1. The van der Waals surface area contributed by atoms with E-state index in [4.69, 9.17) is 4.74 Å². The molecule has 0 aliphatic carbocycles. The molecule has 0 saturated carbocycles. The summed E-state index contributed by atoms with van der Waals surface area (Å²) in [6.07, 6.45) is 3.68. The van der Waals surface area contributed by atoms with Crippen molar-refractivity contribution in [3.8, 4) is 0 Å². The predicted octanol–water partition coefficient (Wildman–Crippen LogP) is 4.98. The van der Waals surface area contributed by atoms with Crippen LogP contribution in [0.3, 0.4) is 0 Å². The van der Waals surface area contributed by atoms with Crippen LogP contribution < -0.4 is 4.90 Å². The molecule has 2 atom stereocenters. The highest BCUT2D eigenvalue weighted by atomic mass is 32.2. The number of hydrogen-bond donors (Lipinski definition) is 0. The SMILES string of the molecule is CCCCC(CC)C(=O)SCC(=O)N(c1c(C)ccc(C)c1C)C(C)C(=O)OC. The van der Waals surface area contributed by atoms with E-state index in [0.29, 0.717) is 0 Å². The maximum absolute atomic E-state index is 13.2. The molecular weight excluding hydrogens is 386 g/mol. The summed E-state index contributed by atoms with van der Waals surface area (Å²) >= 11 is 1.06. The minimum absolute atomic E-state index is 0.00954. The molecule has 0 radical (unpaired) electrons. The number of nitrogens with zero attached hydrogens (tertiary/aromatic N) is 1. The van der Waals surface area contributed by atoms with Crippen molar-refractivity contribution < 1.29 is 19.1 Å². The Balaban J connectivity index is 3.12. The number of anilines is 1. The predicted molar refractivity (Wildman–Crippen MR) is 120 cm³/mol. The largest absolute Gasteiger partial charge is 0.467 e. The first-order chi connectivity index (χ1) is 13.7. The van der Waals surface area contributed by atoms with Crippen molar-refractivity contribution in [2.75, 3.05) is 17.8 Å². The molecule has 1 rings (SSSR count). The molecule has 1 aromatic rings. The average Bonchev–Trinajstić information content (AvgIpc) is 2.71. The second-order valence-electron chi connectivity index (χ2n) is 7.49. The maximum Gasteiger partial charge on any atom is 0.328 e. The number of rotatable bonds is 10. The normalized spacial score (nSPS) is 12.9.